The van der Waals surface area contributed by atoms with Crippen LogP contribution in [-0.4, -0.2) is 50.3 Å². The summed E-state index contributed by atoms with van der Waals surface area (Å²) in [6.45, 7) is 6.86. The third-order valence-electron chi connectivity index (χ3n) is 3.59. The van der Waals surface area contributed by atoms with Crippen LogP contribution in [0.3, 0.4) is 0 Å². The zero-order chi connectivity index (χ0) is 14.5. The van der Waals surface area contributed by atoms with Gasteiger partial charge in [0.15, 0.2) is 0 Å². The molecule has 1 aromatic carbocycles. The van der Waals surface area contributed by atoms with Crippen LogP contribution in [0.2, 0.25) is 0 Å². The molecule has 1 unspecified atom stereocenters. The highest BCUT2D eigenvalue weighted by Crippen LogP contribution is 2.25. The molecule has 1 amide bonds. The second-order valence-corrected chi connectivity index (χ2v) is 5.02. The first-order valence-corrected chi connectivity index (χ1v) is 6.89. The molecule has 1 aromatic rings. The lowest BCUT2D eigenvalue weighted by Gasteiger charge is -2.31. The van der Waals surface area contributed by atoms with Gasteiger partial charge in [-0.3, -0.25) is 9.69 Å². The first kappa shape index (κ1) is 14.8. The number of anilines is 1. The number of methoxy groups -OCH3 is 1. The van der Waals surface area contributed by atoms with Crippen molar-refractivity contribution in [1.82, 2.24) is 4.90 Å². The predicted molar refractivity (Wildman–Crippen MR) is 78.2 cm³/mol. The summed E-state index contributed by atoms with van der Waals surface area (Å²) < 4.78 is 10.6. The molecular formula is C15H22N2O3. The number of ether oxygens (including phenoxy) is 2. The van der Waals surface area contributed by atoms with Crippen LogP contribution in [0.15, 0.2) is 18.2 Å². The third kappa shape index (κ3) is 3.49. The number of carbonyl (C=O) groups excluding carboxylic acids is 1. The second kappa shape index (κ2) is 6.72. The third-order valence-corrected chi connectivity index (χ3v) is 3.59. The van der Waals surface area contributed by atoms with Crippen LogP contribution in [0.25, 0.3) is 0 Å². The Hall–Kier alpha value is -1.59. The SMILES string of the molecule is COc1ccc(C)cc1NC(=O)C(C)N1CCOCC1. The number of aryl methyl sites for hydroxylation is 1. The molecule has 5 nitrogen and oxygen atoms in total. The Morgan fingerprint density at radius 3 is 2.75 bits per heavy atom. The Morgan fingerprint density at radius 2 is 2.10 bits per heavy atom. The second-order valence-electron chi connectivity index (χ2n) is 5.02. The molecule has 1 fully saturated rings. The van der Waals surface area contributed by atoms with Crippen molar-refractivity contribution in [2.24, 2.45) is 0 Å². The Morgan fingerprint density at radius 1 is 1.40 bits per heavy atom. The van der Waals surface area contributed by atoms with Crippen LogP contribution < -0.4 is 10.1 Å². The van der Waals surface area contributed by atoms with E-state index in [1.165, 1.54) is 0 Å². The molecule has 2 rings (SSSR count). The van der Waals surface area contributed by atoms with Crippen LogP contribution in [0.1, 0.15) is 12.5 Å². The van der Waals surface area contributed by atoms with Gasteiger partial charge < -0.3 is 14.8 Å². The highest BCUT2D eigenvalue weighted by Gasteiger charge is 2.23. The zero-order valence-electron chi connectivity index (χ0n) is 12.3. The van der Waals surface area contributed by atoms with Crippen molar-refractivity contribution in [1.29, 1.82) is 0 Å². The minimum absolute atomic E-state index is 0.0178. The van der Waals surface area contributed by atoms with E-state index in [4.69, 9.17) is 9.47 Å². The van der Waals surface area contributed by atoms with Crippen LogP contribution >= 0.6 is 0 Å². The van der Waals surface area contributed by atoms with Crippen molar-refractivity contribution >= 4 is 11.6 Å². The van der Waals surface area contributed by atoms with Gasteiger partial charge in [-0.15, -0.1) is 0 Å². The number of carbonyl (C=O) groups is 1. The number of benzene rings is 1. The highest BCUT2D eigenvalue weighted by atomic mass is 16.5. The summed E-state index contributed by atoms with van der Waals surface area (Å²) >= 11 is 0. The van der Waals surface area contributed by atoms with Gasteiger partial charge in [0.05, 0.1) is 32.1 Å². The van der Waals surface area contributed by atoms with Gasteiger partial charge in [0.25, 0.3) is 0 Å². The van der Waals surface area contributed by atoms with E-state index in [1.54, 1.807) is 7.11 Å². The average molecular weight is 278 g/mol. The number of nitrogens with zero attached hydrogens (tertiary/aromatic N) is 1. The number of hydrogen-bond acceptors (Lipinski definition) is 4. The van der Waals surface area contributed by atoms with E-state index < -0.39 is 0 Å². The molecule has 0 aliphatic carbocycles. The smallest absolute Gasteiger partial charge is 0.241 e. The monoisotopic (exact) mass is 278 g/mol. The molecule has 1 aliphatic rings. The maximum absolute atomic E-state index is 12.3. The lowest BCUT2D eigenvalue weighted by Crippen LogP contribution is -2.47. The molecule has 0 radical (unpaired) electrons. The van der Waals surface area contributed by atoms with Gasteiger partial charge in [0, 0.05) is 13.1 Å². The van der Waals surface area contributed by atoms with E-state index in [9.17, 15) is 4.79 Å². The molecule has 110 valence electrons. The van der Waals surface area contributed by atoms with E-state index in [0.717, 1.165) is 24.3 Å². The summed E-state index contributed by atoms with van der Waals surface area (Å²) in [5.41, 5.74) is 1.80. The normalized spacial score (nSPS) is 17.6. The van der Waals surface area contributed by atoms with Gasteiger partial charge in [-0.05, 0) is 31.5 Å². The molecule has 0 bridgehead atoms. The molecule has 5 heteroatoms. The summed E-state index contributed by atoms with van der Waals surface area (Å²) in [6, 6.07) is 5.57. The van der Waals surface area contributed by atoms with E-state index in [1.807, 2.05) is 32.0 Å². The highest BCUT2D eigenvalue weighted by molar-refractivity contribution is 5.95. The fraction of sp³-hybridized carbons (Fsp3) is 0.533. The van der Waals surface area contributed by atoms with Crippen LogP contribution in [-0.2, 0) is 9.53 Å². The van der Waals surface area contributed by atoms with Crippen molar-refractivity contribution in [2.45, 2.75) is 19.9 Å². The van der Waals surface area contributed by atoms with Gasteiger partial charge in [-0.25, -0.2) is 0 Å². The summed E-state index contributed by atoms with van der Waals surface area (Å²) in [7, 11) is 1.60. The van der Waals surface area contributed by atoms with Crippen LogP contribution in [0.5, 0.6) is 5.75 Å². The van der Waals surface area contributed by atoms with Crippen molar-refractivity contribution in [3.05, 3.63) is 23.8 Å². The summed E-state index contributed by atoms with van der Waals surface area (Å²) in [4.78, 5) is 14.5. The fourth-order valence-electron chi connectivity index (χ4n) is 2.29. The topological polar surface area (TPSA) is 50.8 Å². The molecule has 20 heavy (non-hydrogen) atoms. The maximum atomic E-state index is 12.3. The lowest BCUT2D eigenvalue weighted by molar-refractivity contribution is -0.122. The van der Waals surface area contributed by atoms with E-state index in [-0.39, 0.29) is 11.9 Å². The number of hydrogen-bond donors (Lipinski definition) is 1. The minimum atomic E-state index is -0.177. The summed E-state index contributed by atoms with van der Waals surface area (Å²) in [6.07, 6.45) is 0. The van der Waals surface area contributed by atoms with Gasteiger partial charge >= 0.3 is 0 Å². The van der Waals surface area contributed by atoms with Gasteiger partial charge in [-0.1, -0.05) is 6.07 Å². The first-order valence-electron chi connectivity index (χ1n) is 6.89. The number of amides is 1. The van der Waals surface area contributed by atoms with Crippen molar-refractivity contribution in [2.75, 3.05) is 38.7 Å². The van der Waals surface area contributed by atoms with Crippen molar-refractivity contribution in [3.63, 3.8) is 0 Å². The van der Waals surface area contributed by atoms with Crippen molar-refractivity contribution in [3.8, 4) is 5.75 Å². The van der Waals surface area contributed by atoms with E-state index in [0.29, 0.717) is 19.0 Å². The number of rotatable bonds is 4. The first-order chi connectivity index (χ1) is 9.61. The Balaban J connectivity index is 2.05. The molecule has 1 aliphatic heterocycles. The Kier molecular flexibility index (Phi) is 4.98. The maximum Gasteiger partial charge on any atom is 0.241 e. The predicted octanol–water partition coefficient (Wildman–Crippen LogP) is 1.66. The van der Waals surface area contributed by atoms with Crippen LogP contribution in [0.4, 0.5) is 5.69 Å². The lowest BCUT2D eigenvalue weighted by atomic mass is 10.2. The Bertz CT molecular complexity index is 470. The molecule has 0 spiro atoms. The standard InChI is InChI=1S/C15H22N2O3/c1-11-4-5-14(19-3)13(10-11)16-15(18)12(2)17-6-8-20-9-7-17/h4-5,10,12H,6-9H2,1-3H3,(H,16,18). The van der Waals surface area contributed by atoms with Gasteiger partial charge in [-0.2, -0.15) is 0 Å². The molecule has 1 saturated heterocycles. The molecule has 0 saturated carbocycles. The van der Waals surface area contributed by atoms with Crippen LogP contribution in [0, 0.1) is 6.92 Å². The van der Waals surface area contributed by atoms with Gasteiger partial charge in [0.2, 0.25) is 5.91 Å². The zero-order valence-corrected chi connectivity index (χ0v) is 12.3. The fourth-order valence-corrected chi connectivity index (χ4v) is 2.29. The summed E-state index contributed by atoms with van der Waals surface area (Å²) in [5, 5.41) is 2.95. The molecular weight excluding hydrogens is 256 g/mol. The molecule has 1 heterocycles. The van der Waals surface area contributed by atoms with E-state index >= 15 is 0 Å². The largest absolute Gasteiger partial charge is 0.495 e. The molecule has 1 N–H and O–H groups in total. The number of nitrogens with one attached hydrogen (secondary N) is 1. The quantitative estimate of drug-likeness (QED) is 0.910. The minimum Gasteiger partial charge on any atom is -0.495 e. The summed E-state index contributed by atoms with van der Waals surface area (Å²) in [5.74, 6) is 0.661. The van der Waals surface area contributed by atoms with Crippen molar-refractivity contribution < 1.29 is 14.3 Å². The number of morpholine rings is 1. The van der Waals surface area contributed by atoms with E-state index in [2.05, 4.69) is 10.2 Å². The van der Waals surface area contributed by atoms with Gasteiger partial charge in [0.1, 0.15) is 5.75 Å². The average Bonchev–Trinajstić information content (AvgIpc) is 2.47. The molecule has 0 aromatic heterocycles. The Labute approximate surface area is 119 Å². The molecule has 1 atom stereocenters.